The van der Waals surface area contributed by atoms with Crippen LogP contribution < -0.4 is 4.31 Å². The maximum atomic E-state index is 13.3. The molecule has 0 aliphatic heterocycles. The SMILES string of the molecule is CCOC(=O)CN(c1cccc(C(=O)OCC)c1C)S(=O)(=O)c1ccc(C)cc1. The lowest BCUT2D eigenvalue weighted by atomic mass is 10.1. The first-order valence-electron chi connectivity index (χ1n) is 9.24. The number of aryl methyl sites for hydroxylation is 1. The fourth-order valence-corrected chi connectivity index (χ4v) is 4.25. The zero-order chi connectivity index (χ0) is 21.6. The van der Waals surface area contributed by atoms with Crippen molar-refractivity contribution in [3.8, 4) is 0 Å². The van der Waals surface area contributed by atoms with Gasteiger partial charge in [0, 0.05) is 0 Å². The van der Waals surface area contributed by atoms with Crippen LogP contribution in [0.1, 0.15) is 35.3 Å². The summed E-state index contributed by atoms with van der Waals surface area (Å²) in [4.78, 5) is 24.4. The Balaban J connectivity index is 2.60. The molecule has 8 heteroatoms. The van der Waals surface area contributed by atoms with Crippen LogP contribution in [0.5, 0.6) is 0 Å². The molecule has 156 valence electrons. The number of hydrogen-bond acceptors (Lipinski definition) is 6. The minimum Gasteiger partial charge on any atom is -0.465 e. The molecule has 0 bridgehead atoms. The molecule has 0 saturated heterocycles. The number of nitrogens with zero attached hydrogens (tertiary/aromatic N) is 1. The van der Waals surface area contributed by atoms with Crippen LogP contribution in [-0.4, -0.2) is 40.1 Å². The van der Waals surface area contributed by atoms with Crippen LogP contribution in [0.25, 0.3) is 0 Å². The maximum absolute atomic E-state index is 13.3. The number of rotatable bonds is 8. The summed E-state index contributed by atoms with van der Waals surface area (Å²) < 4.78 is 37.7. The number of sulfonamides is 1. The van der Waals surface area contributed by atoms with Crippen molar-refractivity contribution in [1.29, 1.82) is 0 Å². The quantitative estimate of drug-likeness (QED) is 0.610. The summed E-state index contributed by atoms with van der Waals surface area (Å²) in [5.41, 5.74) is 1.74. The lowest BCUT2D eigenvalue weighted by Crippen LogP contribution is -2.37. The van der Waals surface area contributed by atoms with Gasteiger partial charge >= 0.3 is 11.9 Å². The Kier molecular flexibility index (Phi) is 7.39. The molecule has 2 rings (SSSR count). The van der Waals surface area contributed by atoms with Gasteiger partial charge < -0.3 is 9.47 Å². The van der Waals surface area contributed by atoms with Gasteiger partial charge in [-0.3, -0.25) is 9.10 Å². The number of ether oxygens (including phenoxy) is 2. The highest BCUT2D eigenvalue weighted by Crippen LogP contribution is 2.29. The number of anilines is 1. The highest BCUT2D eigenvalue weighted by molar-refractivity contribution is 7.92. The van der Waals surface area contributed by atoms with Gasteiger partial charge in [-0.25, -0.2) is 13.2 Å². The van der Waals surface area contributed by atoms with Crippen LogP contribution in [0, 0.1) is 13.8 Å². The van der Waals surface area contributed by atoms with Gasteiger partial charge in [0.05, 0.1) is 29.4 Å². The van der Waals surface area contributed by atoms with Crippen molar-refractivity contribution in [1.82, 2.24) is 0 Å². The average molecular weight is 419 g/mol. The van der Waals surface area contributed by atoms with Gasteiger partial charge in [-0.05, 0) is 57.5 Å². The zero-order valence-electron chi connectivity index (χ0n) is 17.0. The second kappa shape index (κ2) is 9.56. The third kappa shape index (κ3) is 5.14. The van der Waals surface area contributed by atoms with E-state index in [0.29, 0.717) is 5.56 Å². The molecular formula is C21H25NO6S. The van der Waals surface area contributed by atoms with Crippen LogP contribution in [0.3, 0.4) is 0 Å². The first kappa shape index (κ1) is 22.4. The summed E-state index contributed by atoms with van der Waals surface area (Å²) in [7, 11) is -4.08. The van der Waals surface area contributed by atoms with Crippen LogP contribution in [0.4, 0.5) is 5.69 Å². The third-order valence-corrected chi connectivity index (χ3v) is 6.03. The number of esters is 2. The normalized spacial score (nSPS) is 11.0. The molecule has 2 aromatic rings. The summed E-state index contributed by atoms with van der Waals surface area (Å²) in [6.07, 6.45) is 0. The molecule has 0 N–H and O–H groups in total. The Morgan fingerprint density at radius 1 is 0.931 bits per heavy atom. The van der Waals surface area contributed by atoms with E-state index in [-0.39, 0.29) is 29.4 Å². The van der Waals surface area contributed by atoms with Crippen molar-refractivity contribution in [3.05, 3.63) is 59.2 Å². The van der Waals surface area contributed by atoms with Gasteiger partial charge in [0.1, 0.15) is 6.54 Å². The van der Waals surface area contributed by atoms with Crippen molar-refractivity contribution in [2.45, 2.75) is 32.6 Å². The third-order valence-electron chi connectivity index (χ3n) is 4.26. The summed E-state index contributed by atoms with van der Waals surface area (Å²) in [6.45, 7) is 6.59. The van der Waals surface area contributed by atoms with Gasteiger partial charge in [0.15, 0.2) is 0 Å². The Hall–Kier alpha value is -2.87. The molecule has 0 aromatic heterocycles. The van der Waals surface area contributed by atoms with E-state index in [9.17, 15) is 18.0 Å². The minimum atomic E-state index is -4.08. The van der Waals surface area contributed by atoms with E-state index >= 15 is 0 Å². The number of carbonyl (C=O) groups is 2. The van der Waals surface area contributed by atoms with E-state index in [1.54, 1.807) is 51.1 Å². The molecule has 0 atom stereocenters. The summed E-state index contributed by atoms with van der Waals surface area (Å²) in [6, 6.07) is 11.0. The topological polar surface area (TPSA) is 90.0 Å². The zero-order valence-corrected chi connectivity index (χ0v) is 17.8. The molecule has 0 aliphatic rings. The second-order valence-corrected chi connectivity index (χ2v) is 8.16. The molecule has 0 fully saturated rings. The first-order chi connectivity index (χ1) is 13.7. The van der Waals surface area contributed by atoms with Crippen molar-refractivity contribution in [2.75, 3.05) is 24.1 Å². The minimum absolute atomic E-state index is 0.0355. The molecule has 29 heavy (non-hydrogen) atoms. The smallest absolute Gasteiger partial charge is 0.338 e. The lowest BCUT2D eigenvalue weighted by Gasteiger charge is -2.26. The van der Waals surface area contributed by atoms with Crippen LogP contribution >= 0.6 is 0 Å². The Labute approximate surface area is 171 Å². The largest absolute Gasteiger partial charge is 0.465 e. The lowest BCUT2D eigenvalue weighted by molar-refractivity contribution is -0.141. The van der Waals surface area contributed by atoms with E-state index in [1.807, 2.05) is 6.92 Å². The van der Waals surface area contributed by atoms with Crippen LogP contribution in [0.2, 0.25) is 0 Å². The first-order valence-corrected chi connectivity index (χ1v) is 10.7. The highest BCUT2D eigenvalue weighted by Gasteiger charge is 2.30. The van der Waals surface area contributed by atoms with E-state index in [2.05, 4.69) is 0 Å². The molecule has 0 spiro atoms. The Morgan fingerprint density at radius 2 is 1.55 bits per heavy atom. The number of benzene rings is 2. The van der Waals surface area contributed by atoms with Crippen molar-refractivity contribution in [2.24, 2.45) is 0 Å². The molecule has 0 saturated carbocycles. The predicted octanol–water partition coefficient (Wildman–Crippen LogP) is 3.24. The van der Waals surface area contributed by atoms with Gasteiger partial charge in [0.2, 0.25) is 0 Å². The van der Waals surface area contributed by atoms with E-state index in [4.69, 9.17) is 9.47 Å². The second-order valence-electron chi connectivity index (χ2n) is 6.30. The molecule has 2 aromatic carbocycles. The maximum Gasteiger partial charge on any atom is 0.338 e. The molecule has 0 amide bonds. The average Bonchev–Trinajstić information content (AvgIpc) is 2.67. The molecular weight excluding hydrogens is 394 g/mol. The van der Waals surface area contributed by atoms with Crippen molar-refractivity contribution < 1.29 is 27.5 Å². The van der Waals surface area contributed by atoms with Gasteiger partial charge in [-0.15, -0.1) is 0 Å². The molecule has 7 nitrogen and oxygen atoms in total. The standard InChI is InChI=1S/C21H25NO6S/c1-5-27-20(23)14-22(29(25,26)17-12-10-15(3)11-13-17)19-9-7-8-18(16(19)4)21(24)28-6-2/h7-13H,5-6,14H2,1-4H3. The monoisotopic (exact) mass is 419 g/mol. The van der Waals surface area contributed by atoms with E-state index in [0.717, 1.165) is 9.87 Å². The molecule has 0 radical (unpaired) electrons. The van der Waals surface area contributed by atoms with Gasteiger partial charge in [-0.1, -0.05) is 23.8 Å². The molecule has 0 heterocycles. The van der Waals surface area contributed by atoms with E-state index < -0.39 is 28.5 Å². The highest BCUT2D eigenvalue weighted by atomic mass is 32.2. The van der Waals surface area contributed by atoms with Crippen LogP contribution in [-0.2, 0) is 24.3 Å². The number of hydrogen-bond donors (Lipinski definition) is 0. The summed E-state index contributed by atoms with van der Waals surface area (Å²) in [5.74, 6) is -1.25. The van der Waals surface area contributed by atoms with Crippen molar-refractivity contribution in [3.63, 3.8) is 0 Å². The van der Waals surface area contributed by atoms with E-state index in [1.165, 1.54) is 12.1 Å². The summed E-state index contributed by atoms with van der Waals surface area (Å²) >= 11 is 0. The molecule has 0 aliphatic carbocycles. The van der Waals surface area contributed by atoms with Crippen molar-refractivity contribution >= 4 is 27.6 Å². The summed E-state index contributed by atoms with van der Waals surface area (Å²) in [5, 5.41) is 0. The Morgan fingerprint density at radius 3 is 2.14 bits per heavy atom. The van der Waals surface area contributed by atoms with Gasteiger partial charge in [0.25, 0.3) is 10.0 Å². The fraction of sp³-hybridized carbons (Fsp3) is 0.333. The van der Waals surface area contributed by atoms with Crippen LogP contribution in [0.15, 0.2) is 47.4 Å². The number of carbonyl (C=O) groups excluding carboxylic acids is 2. The van der Waals surface area contributed by atoms with Gasteiger partial charge in [-0.2, -0.15) is 0 Å². The fourth-order valence-electron chi connectivity index (χ4n) is 2.78. The molecule has 0 unspecified atom stereocenters. The predicted molar refractivity (Wildman–Crippen MR) is 109 cm³/mol. The Bertz CT molecular complexity index is 983.